The third-order valence-corrected chi connectivity index (χ3v) is 5.30. The van der Waals surface area contributed by atoms with Gasteiger partial charge in [-0.2, -0.15) is 0 Å². The van der Waals surface area contributed by atoms with Gasteiger partial charge in [-0.05, 0) is 18.4 Å². The second-order valence-electron chi connectivity index (χ2n) is 7.81. The molecule has 0 atom stereocenters. The molecule has 1 saturated heterocycles. The van der Waals surface area contributed by atoms with E-state index < -0.39 is 0 Å². The molecule has 4 rings (SSSR count). The summed E-state index contributed by atoms with van der Waals surface area (Å²) in [5.74, 6) is 2.12. The SMILES string of the molecule is Cc1cc(N2CCN(C(=O)Nc3cccc4ccccc34)CC2)nc(C(C)C)n1. The van der Waals surface area contributed by atoms with Gasteiger partial charge >= 0.3 is 6.03 Å². The van der Waals surface area contributed by atoms with Crippen LogP contribution in [0.1, 0.15) is 31.3 Å². The number of nitrogens with zero attached hydrogens (tertiary/aromatic N) is 4. The van der Waals surface area contributed by atoms with E-state index in [-0.39, 0.29) is 6.03 Å². The van der Waals surface area contributed by atoms with Crippen LogP contribution in [0.3, 0.4) is 0 Å². The molecule has 0 radical (unpaired) electrons. The van der Waals surface area contributed by atoms with Gasteiger partial charge in [-0.3, -0.25) is 0 Å². The highest BCUT2D eigenvalue weighted by Gasteiger charge is 2.23. The van der Waals surface area contributed by atoms with E-state index in [1.807, 2.05) is 48.2 Å². The Morgan fingerprint density at radius 1 is 1.00 bits per heavy atom. The third kappa shape index (κ3) is 4.16. The van der Waals surface area contributed by atoms with E-state index in [9.17, 15) is 4.79 Å². The number of piperazine rings is 1. The summed E-state index contributed by atoms with van der Waals surface area (Å²) in [4.78, 5) is 26.2. The van der Waals surface area contributed by atoms with Crippen molar-refractivity contribution in [3.63, 3.8) is 0 Å². The maximum atomic E-state index is 12.8. The fourth-order valence-corrected chi connectivity index (χ4v) is 3.66. The monoisotopic (exact) mass is 389 g/mol. The van der Waals surface area contributed by atoms with E-state index in [2.05, 4.69) is 41.2 Å². The van der Waals surface area contributed by atoms with Crippen molar-refractivity contribution in [1.82, 2.24) is 14.9 Å². The van der Waals surface area contributed by atoms with Crippen LogP contribution in [0.4, 0.5) is 16.3 Å². The van der Waals surface area contributed by atoms with E-state index in [1.54, 1.807) is 0 Å². The van der Waals surface area contributed by atoms with E-state index in [4.69, 9.17) is 4.98 Å². The van der Waals surface area contributed by atoms with Crippen molar-refractivity contribution in [2.24, 2.45) is 0 Å². The number of amides is 2. The summed E-state index contributed by atoms with van der Waals surface area (Å²) in [6.45, 7) is 9.06. The Morgan fingerprint density at radius 3 is 2.48 bits per heavy atom. The fourth-order valence-electron chi connectivity index (χ4n) is 3.66. The van der Waals surface area contributed by atoms with Crippen molar-refractivity contribution >= 4 is 28.3 Å². The zero-order chi connectivity index (χ0) is 20.4. The number of hydrogen-bond acceptors (Lipinski definition) is 4. The van der Waals surface area contributed by atoms with Crippen LogP contribution in [0, 0.1) is 6.92 Å². The first-order chi connectivity index (χ1) is 14.0. The number of aromatic nitrogens is 2. The molecule has 1 aromatic heterocycles. The Morgan fingerprint density at radius 2 is 1.72 bits per heavy atom. The van der Waals surface area contributed by atoms with Gasteiger partial charge in [0.1, 0.15) is 11.6 Å². The molecule has 3 aromatic rings. The van der Waals surface area contributed by atoms with Gasteiger partial charge in [0.15, 0.2) is 0 Å². The predicted molar refractivity (Wildman–Crippen MR) is 118 cm³/mol. The highest BCUT2D eigenvalue weighted by molar-refractivity contribution is 6.01. The first-order valence-electron chi connectivity index (χ1n) is 10.2. The van der Waals surface area contributed by atoms with Crippen molar-refractivity contribution < 1.29 is 4.79 Å². The number of rotatable bonds is 3. The maximum absolute atomic E-state index is 12.8. The molecule has 150 valence electrons. The van der Waals surface area contributed by atoms with E-state index in [0.29, 0.717) is 19.0 Å². The molecule has 0 saturated carbocycles. The molecule has 6 nitrogen and oxygen atoms in total. The minimum Gasteiger partial charge on any atom is -0.353 e. The van der Waals surface area contributed by atoms with Crippen LogP contribution >= 0.6 is 0 Å². The number of nitrogens with one attached hydrogen (secondary N) is 1. The van der Waals surface area contributed by atoms with Crippen molar-refractivity contribution in [3.8, 4) is 0 Å². The number of carbonyl (C=O) groups is 1. The van der Waals surface area contributed by atoms with Crippen LogP contribution in [0.2, 0.25) is 0 Å². The number of urea groups is 1. The lowest BCUT2D eigenvalue weighted by Gasteiger charge is -2.35. The number of benzene rings is 2. The molecule has 0 spiro atoms. The minimum absolute atomic E-state index is 0.0530. The first-order valence-corrected chi connectivity index (χ1v) is 10.2. The Bertz CT molecular complexity index is 1020. The zero-order valence-electron chi connectivity index (χ0n) is 17.2. The van der Waals surface area contributed by atoms with Gasteiger partial charge in [0.05, 0.1) is 5.69 Å². The van der Waals surface area contributed by atoms with Crippen LogP contribution in [0.25, 0.3) is 10.8 Å². The smallest absolute Gasteiger partial charge is 0.321 e. The van der Waals surface area contributed by atoms with Crippen molar-refractivity contribution in [1.29, 1.82) is 0 Å². The number of fused-ring (bicyclic) bond motifs is 1. The number of anilines is 2. The first kappa shape index (κ1) is 19.2. The molecule has 0 bridgehead atoms. The summed E-state index contributed by atoms with van der Waals surface area (Å²) in [5.41, 5.74) is 1.83. The van der Waals surface area contributed by atoms with Gasteiger partial charge in [0.25, 0.3) is 0 Å². The average Bonchev–Trinajstić information content (AvgIpc) is 2.73. The Labute approximate surface area is 171 Å². The van der Waals surface area contributed by atoms with Gasteiger partial charge in [-0.25, -0.2) is 14.8 Å². The Hall–Kier alpha value is -3.15. The topological polar surface area (TPSA) is 61.4 Å². The molecule has 1 aliphatic rings. The summed E-state index contributed by atoms with van der Waals surface area (Å²) in [6, 6.07) is 16.0. The lowest BCUT2D eigenvalue weighted by atomic mass is 10.1. The third-order valence-electron chi connectivity index (χ3n) is 5.30. The molecule has 0 aliphatic carbocycles. The van der Waals surface area contributed by atoms with Crippen LogP contribution in [0.5, 0.6) is 0 Å². The van der Waals surface area contributed by atoms with Crippen molar-refractivity contribution in [3.05, 3.63) is 60.0 Å². The second kappa shape index (κ2) is 8.07. The van der Waals surface area contributed by atoms with E-state index in [1.165, 1.54) is 0 Å². The lowest BCUT2D eigenvalue weighted by molar-refractivity contribution is 0.208. The molecule has 29 heavy (non-hydrogen) atoms. The Balaban J connectivity index is 1.42. The largest absolute Gasteiger partial charge is 0.353 e. The standard InChI is InChI=1S/C23H27N5O/c1-16(2)22-24-17(3)15-21(26-22)27-11-13-28(14-12-27)23(29)25-20-10-6-8-18-7-4-5-9-19(18)20/h4-10,15-16H,11-14H2,1-3H3,(H,25,29). The summed E-state index contributed by atoms with van der Waals surface area (Å²) in [5, 5.41) is 5.26. The normalized spacial score (nSPS) is 14.5. The van der Waals surface area contributed by atoms with Crippen LogP contribution in [-0.2, 0) is 0 Å². The lowest BCUT2D eigenvalue weighted by Crippen LogP contribution is -2.50. The molecule has 2 aromatic carbocycles. The maximum Gasteiger partial charge on any atom is 0.321 e. The molecule has 1 aliphatic heterocycles. The second-order valence-corrected chi connectivity index (χ2v) is 7.81. The molecular formula is C23H27N5O. The molecule has 1 fully saturated rings. The number of hydrogen-bond donors (Lipinski definition) is 1. The summed E-state index contributed by atoms with van der Waals surface area (Å²) in [7, 11) is 0. The van der Waals surface area contributed by atoms with Crippen LogP contribution in [0.15, 0.2) is 48.5 Å². The molecule has 1 N–H and O–H groups in total. The minimum atomic E-state index is -0.0530. The highest BCUT2D eigenvalue weighted by Crippen LogP contribution is 2.24. The van der Waals surface area contributed by atoms with Crippen LogP contribution in [-0.4, -0.2) is 47.1 Å². The summed E-state index contributed by atoms with van der Waals surface area (Å²) in [6.07, 6.45) is 0. The van der Waals surface area contributed by atoms with Crippen LogP contribution < -0.4 is 10.2 Å². The number of carbonyl (C=O) groups excluding carboxylic acids is 1. The molecule has 6 heteroatoms. The fraction of sp³-hybridized carbons (Fsp3) is 0.348. The van der Waals surface area contributed by atoms with Gasteiger partial charge in [0, 0.05) is 49.2 Å². The van der Waals surface area contributed by atoms with Gasteiger partial charge in [-0.15, -0.1) is 0 Å². The average molecular weight is 390 g/mol. The van der Waals surface area contributed by atoms with Crippen molar-refractivity contribution in [2.75, 3.05) is 36.4 Å². The van der Waals surface area contributed by atoms with Gasteiger partial charge < -0.3 is 15.1 Å². The highest BCUT2D eigenvalue weighted by atomic mass is 16.2. The van der Waals surface area contributed by atoms with Gasteiger partial charge in [0.2, 0.25) is 0 Å². The Kier molecular flexibility index (Phi) is 5.34. The van der Waals surface area contributed by atoms with Gasteiger partial charge in [-0.1, -0.05) is 50.2 Å². The quantitative estimate of drug-likeness (QED) is 0.720. The summed E-state index contributed by atoms with van der Waals surface area (Å²) >= 11 is 0. The predicted octanol–water partition coefficient (Wildman–Crippen LogP) is 4.42. The zero-order valence-corrected chi connectivity index (χ0v) is 17.2. The number of aryl methyl sites for hydroxylation is 1. The molecule has 2 amide bonds. The molecule has 0 unspecified atom stereocenters. The molecule has 2 heterocycles. The van der Waals surface area contributed by atoms with E-state index in [0.717, 1.165) is 46.9 Å². The van der Waals surface area contributed by atoms with E-state index >= 15 is 0 Å². The van der Waals surface area contributed by atoms with Crippen molar-refractivity contribution in [2.45, 2.75) is 26.7 Å². The summed E-state index contributed by atoms with van der Waals surface area (Å²) < 4.78 is 0. The molecular weight excluding hydrogens is 362 g/mol.